The molecule has 1 fully saturated rings. The molecule has 2 unspecified atom stereocenters. The van der Waals surface area contributed by atoms with E-state index in [2.05, 4.69) is 16.0 Å². The van der Waals surface area contributed by atoms with Crippen molar-refractivity contribution in [2.75, 3.05) is 17.2 Å². The van der Waals surface area contributed by atoms with Crippen LogP contribution in [0.3, 0.4) is 0 Å². The Hall–Kier alpha value is -1.92. The number of hydrogen-bond acceptors (Lipinski definition) is 4. The van der Waals surface area contributed by atoms with E-state index < -0.39 is 6.10 Å². The minimum atomic E-state index is -0.475. The third-order valence-electron chi connectivity index (χ3n) is 3.52. The Balaban J connectivity index is 2.06. The van der Waals surface area contributed by atoms with Crippen LogP contribution < -0.4 is 16.0 Å². The van der Waals surface area contributed by atoms with Crippen LogP contribution in [0.5, 0.6) is 0 Å². The SMILES string of the molecule is CCC(=O)Nc1ccc(C)c(NC(=O)C2CC(O)CN2)c1. The summed E-state index contributed by atoms with van der Waals surface area (Å²) in [5, 5.41) is 18.0. The number of aliphatic hydroxyl groups is 1. The van der Waals surface area contributed by atoms with Crippen LogP contribution in [-0.2, 0) is 9.59 Å². The number of carbonyl (C=O) groups is 2. The zero-order valence-electron chi connectivity index (χ0n) is 12.3. The molecule has 114 valence electrons. The summed E-state index contributed by atoms with van der Waals surface area (Å²) in [6, 6.07) is 5.01. The molecule has 2 atom stereocenters. The van der Waals surface area contributed by atoms with Crippen LogP contribution in [0.1, 0.15) is 25.3 Å². The van der Waals surface area contributed by atoms with Crippen molar-refractivity contribution >= 4 is 23.2 Å². The van der Waals surface area contributed by atoms with Crippen molar-refractivity contribution in [1.29, 1.82) is 0 Å². The number of rotatable bonds is 4. The molecule has 4 N–H and O–H groups in total. The predicted molar refractivity (Wildman–Crippen MR) is 81.1 cm³/mol. The van der Waals surface area contributed by atoms with Crippen LogP contribution in [0, 0.1) is 6.92 Å². The van der Waals surface area contributed by atoms with Gasteiger partial charge in [0.25, 0.3) is 0 Å². The minimum absolute atomic E-state index is 0.0725. The van der Waals surface area contributed by atoms with Gasteiger partial charge in [-0.05, 0) is 31.0 Å². The van der Waals surface area contributed by atoms with Crippen molar-refractivity contribution in [2.24, 2.45) is 0 Å². The highest BCUT2D eigenvalue weighted by atomic mass is 16.3. The highest BCUT2D eigenvalue weighted by molar-refractivity contribution is 5.97. The first-order chi connectivity index (χ1) is 9.99. The highest BCUT2D eigenvalue weighted by Gasteiger charge is 2.28. The Morgan fingerprint density at radius 2 is 2.14 bits per heavy atom. The van der Waals surface area contributed by atoms with E-state index in [9.17, 15) is 14.7 Å². The van der Waals surface area contributed by atoms with Crippen LogP contribution >= 0.6 is 0 Å². The fourth-order valence-corrected chi connectivity index (χ4v) is 2.22. The van der Waals surface area contributed by atoms with Crippen molar-refractivity contribution in [2.45, 2.75) is 38.8 Å². The largest absolute Gasteiger partial charge is 0.392 e. The van der Waals surface area contributed by atoms with Crippen LogP contribution in [0.25, 0.3) is 0 Å². The van der Waals surface area contributed by atoms with Gasteiger partial charge in [0.15, 0.2) is 0 Å². The van der Waals surface area contributed by atoms with E-state index in [1.54, 1.807) is 19.1 Å². The smallest absolute Gasteiger partial charge is 0.241 e. The Labute approximate surface area is 123 Å². The highest BCUT2D eigenvalue weighted by Crippen LogP contribution is 2.21. The van der Waals surface area contributed by atoms with Gasteiger partial charge in [-0.25, -0.2) is 0 Å². The Bertz CT molecular complexity index is 545. The van der Waals surface area contributed by atoms with Crippen molar-refractivity contribution in [3.05, 3.63) is 23.8 Å². The fourth-order valence-electron chi connectivity index (χ4n) is 2.22. The van der Waals surface area contributed by atoms with Gasteiger partial charge in [0.05, 0.1) is 12.1 Å². The summed E-state index contributed by atoms with van der Waals surface area (Å²) in [6.07, 6.45) is 0.341. The molecule has 0 bridgehead atoms. The van der Waals surface area contributed by atoms with Crippen molar-refractivity contribution in [3.8, 4) is 0 Å². The molecular weight excluding hydrogens is 270 g/mol. The molecule has 6 nitrogen and oxygen atoms in total. The van der Waals surface area contributed by atoms with Crippen molar-refractivity contribution in [1.82, 2.24) is 5.32 Å². The second kappa shape index (κ2) is 6.69. The maximum Gasteiger partial charge on any atom is 0.241 e. The first-order valence-corrected chi connectivity index (χ1v) is 7.12. The molecule has 21 heavy (non-hydrogen) atoms. The summed E-state index contributed by atoms with van der Waals surface area (Å²) >= 11 is 0. The lowest BCUT2D eigenvalue weighted by atomic mass is 10.1. The van der Waals surface area contributed by atoms with Crippen LogP contribution in [0.4, 0.5) is 11.4 Å². The first kappa shape index (κ1) is 15.5. The molecular formula is C15H21N3O3. The summed E-state index contributed by atoms with van der Waals surface area (Å²) in [6.45, 7) is 4.10. The average molecular weight is 291 g/mol. The Morgan fingerprint density at radius 1 is 1.38 bits per heavy atom. The first-order valence-electron chi connectivity index (χ1n) is 7.12. The van der Waals surface area contributed by atoms with Gasteiger partial charge in [-0.3, -0.25) is 9.59 Å². The van der Waals surface area contributed by atoms with E-state index >= 15 is 0 Å². The average Bonchev–Trinajstić information content (AvgIpc) is 2.89. The van der Waals surface area contributed by atoms with Gasteiger partial charge in [0, 0.05) is 24.3 Å². The molecule has 0 radical (unpaired) electrons. The maximum absolute atomic E-state index is 12.1. The number of amides is 2. The Morgan fingerprint density at radius 3 is 2.76 bits per heavy atom. The van der Waals surface area contributed by atoms with Gasteiger partial charge in [-0.2, -0.15) is 0 Å². The van der Waals surface area contributed by atoms with Gasteiger partial charge >= 0.3 is 0 Å². The molecule has 1 aliphatic heterocycles. The number of benzene rings is 1. The maximum atomic E-state index is 12.1. The molecule has 1 aromatic rings. The number of hydrogen-bond donors (Lipinski definition) is 4. The minimum Gasteiger partial charge on any atom is -0.392 e. The molecule has 2 rings (SSSR count). The molecule has 1 aromatic carbocycles. The van der Waals surface area contributed by atoms with Crippen LogP contribution in [0.15, 0.2) is 18.2 Å². The van der Waals surface area contributed by atoms with Gasteiger partial charge in [0.1, 0.15) is 0 Å². The third kappa shape index (κ3) is 4.03. The molecule has 0 spiro atoms. The van der Waals surface area contributed by atoms with Gasteiger partial charge in [-0.1, -0.05) is 13.0 Å². The molecule has 0 saturated carbocycles. The lowest BCUT2D eigenvalue weighted by Crippen LogP contribution is -2.35. The number of nitrogens with one attached hydrogen (secondary N) is 3. The third-order valence-corrected chi connectivity index (χ3v) is 3.52. The summed E-state index contributed by atoms with van der Waals surface area (Å²) < 4.78 is 0. The lowest BCUT2D eigenvalue weighted by molar-refractivity contribution is -0.118. The molecule has 0 aliphatic carbocycles. The molecule has 0 aromatic heterocycles. The van der Waals surface area contributed by atoms with Gasteiger partial charge < -0.3 is 21.1 Å². The molecule has 2 amide bonds. The lowest BCUT2D eigenvalue weighted by Gasteiger charge is -2.14. The standard InChI is InChI=1S/C15H21N3O3/c1-3-14(20)17-10-5-4-9(2)12(6-10)18-15(21)13-7-11(19)8-16-13/h4-6,11,13,16,19H,3,7-8H2,1-2H3,(H,17,20)(H,18,21). The van der Waals surface area contributed by atoms with Gasteiger partial charge in [0.2, 0.25) is 11.8 Å². The topological polar surface area (TPSA) is 90.5 Å². The van der Waals surface area contributed by atoms with E-state index in [1.807, 2.05) is 13.0 Å². The van der Waals surface area contributed by atoms with Crippen LogP contribution in [0.2, 0.25) is 0 Å². The van der Waals surface area contributed by atoms with Crippen molar-refractivity contribution in [3.63, 3.8) is 0 Å². The van der Waals surface area contributed by atoms with E-state index in [0.29, 0.717) is 30.8 Å². The zero-order chi connectivity index (χ0) is 15.4. The monoisotopic (exact) mass is 291 g/mol. The molecule has 1 aliphatic rings. The normalized spacial score (nSPS) is 21.1. The second-order valence-electron chi connectivity index (χ2n) is 5.27. The predicted octanol–water partition coefficient (Wildman–Crippen LogP) is 1.00. The fraction of sp³-hybridized carbons (Fsp3) is 0.467. The summed E-state index contributed by atoms with van der Waals surface area (Å²) in [7, 11) is 0. The Kier molecular flexibility index (Phi) is 4.93. The number of aliphatic hydroxyl groups excluding tert-OH is 1. The van der Waals surface area contributed by atoms with Crippen LogP contribution in [-0.4, -0.2) is 35.6 Å². The van der Waals surface area contributed by atoms with E-state index in [1.165, 1.54) is 0 Å². The second-order valence-corrected chi connectivity index (χ2v) is 5.27. The quantitative estimate of drug-likeness (QED) is 0.666. The van der Waals surface area contributed by atoms with E-state index in [4.69, 9.17) is 0 Å². The number of carbonyl (C=O) groups excluding carboxylic acids is 2. The molecule has 1 heterocycles. The number of β-amino-alcohol motifs (C(OH)–C–C–N with tert-alkyl or cyclic N) is 1. The number of aryl methyl sites for hydroxylation is 1. The summed E-state index contributed by atoms with van der Waals surface area (Å²) in [4.78, 5) is 23.5. The molecule has 6 heteroatoms. The summed E-state index contributed by atoms with van der Waals surface area (Å²) in [5.41, 5.74) is 2.23. The van der Waals surface area contributed by atoms with Crippen molar-refractivity contribution < 1.29 is 14.7 Å². The van der Waals surface area contributed by atoms with Gasteiger partial charge in [-0.15, -0.1) is 0 Å². The molecule has 1 saturated heterocycles. The number of anilines is 2. The summed E-state index contributed by atoms with van der Waals surface area (Å²) in [5.74, 6) is -0.245. The van der Waals surface area contributed by atoms with E-state index in [0.717, 1.165) is 5.56 Å². The zero-order valence-corrected chi connectivity index (χ0v) is 12.3. The van der Waals surface area contributed by atoms with E-state index in [-0.39, 0.29) is 17.9 Å².